The lowest BCUT2D eigenvalue weighted by Crippen LogP contribution is -2.28. The normalized spacial score (nSPS) is 10.9. The highest BCUT2D eigenvalue weighted by molar-refractivity contribution is 5.92. The van der Waals surface area contributed by atoms with E-state index in [2.05, 4.69) is 5.32 Å². The predicted molar refractivity (Wildman–Crippen MR) is 91.7 cm³/mol. The molecule has 0 spiro atoms. The van der Waals surface area contributed by atoms with Gasteiger partial charge in [-0.05, 0) is 37.6 Å². The Kier molecular flexibility index (Phi) is 3.78. The minimum atomic E-state index is -0.213. The fraction of sp³-hybridized carbons (Fsp3) is 0.222. The quantitative estimate of drug-likeness (QED) is 0.808. The Balaban J connectivity index is 1.89. The molecule has 1 N–H and O–H groups in total. The summed E-state index contributed by atoms with van der Waals surface area (Å²) in [4.78, 5) is 24.7. The molecule has 0 saturated heterocycles. The van der Waals surface area contributed by atoms with E-state index in [1.807, 2.05) is 56.3 Å². The molecule has 1 aromatic heterocycles. The van der Waals surface area contributed by atoms with Crippen LogP contribution >= 0.6 is 0 Å². The van der Waals surface area contributed by atoms with Gasteiger partial charge < -0.3 is 5.32 Å². The summed E-state index contributed by atoms with van der Waals surface area (Å²) < 4.78 is 3.05. The maximum absolute atomic E-state index is 12.3. The van der Waals surface area contributed by atoms with Crippen LogP contribution in [0.3, 0.4) is 0 Å². The van der Waals surface area contributed by atoms with Crippen molar-refractivity contribution >= 4 is 22.6 Å². The van der Waals surface area contributed by atoms with Crippen LogP contribution in [-0.2, 0) is 18.4 Å². The Morgan fingerprint density at radius 1 is 1.09 bits per heavy atom. The van der Waals surface area contributed by atoms with Crippen molar-refractivity contribution in [3.05, 3.63) is 64.1 Å². The number of aromatic nitrogens is 2. The number of para-hydroxylation sites is 2. The zero-order chi connectivity index (χ0) is 16.6. The molecule has 5 heteroatoms. The Morgan fingerprint density at radius 2 is 1.78 bits per heavy atom. The number of hydrogen-bond acceptors (Lipinski definition) is 2. The van der Waals surface area contributed by atoms with Gasteiger partial charge >= 0.3 is 5.69 Å². The maximum Gasteiger partial charge on any atom is 0.329 e. The largest absolute Gasteiger partial charge is 0.329 e. The number of nitrogens with one attached hydrogen (secondary N) is 1. The molecule has 0 aliphatic rings. The van der Waals surface area contributed by atoms with E-state index in [9.17, 15) is 9.59 Å². The molecule has 5 nitrogen and oxygen atoms in total. The van der Waals surface area contributed by atoms with Crippen molar-refractivity contribution in [1.82, 2.24) is 9.13 Å². The number of imidazole rings is 1. The van der Waals surface area contributed by atoms with E-state index in [-0.39, 0.29) is 18.1 Å². The first-order chi connectivity index (χ1) is 11.0. The van der Waals surface area contributed by atoms with Gasteiger partial charge in [0.1, 0.15) is 6.54 Å². The van der Waals surface area contributed by atoms with Crippen LogP contribution in [0.2, 0.25) is 0 Å². The van der Waals surface area contributed by atoms with E-state index in [1.54, 1.807) is 11.6 Å². The van der Waals surface area contributed by atoms with Crippen LogP contribution < -0.4 is 11.0 Å². The van der Waals surface area contributed by atoms with Crippen molar-refractivity contribution in [1.29, 1.82) is 0 Å². The highest BCUT2D eigenvalue weighted by Gasteiger charge is 2.13. The van der Waals surface area contributed by atoms with E-state index in [0.29, 0.717) is 0 Å². The van der Waals surface area contributed by atoms with Crippen molar-refractivity contribution in [3.8, 4) is 0 Å². The van der Waals surface area contributed by atoms with Crippen molar-refractivity contribution in [3.63, 3.8) is 0 Å². The third kappa shape index (κ3) is 2.77. The first-order valence-electron chi connectivity index (χ1n) is 7.49. The Labute approximate surface area is 134 Å². The molecule has 0 aliphatic heterocycles. The number of anilines is 1. The number of rotatable bonds is 3. The summed E-state index contributed by atoms with van der Waals surface area (Å²) in [6, 6.07) is 13.3. The molecule has 1 amide bonds. The Morgan fingerprint density at radius 3 is 2.48 bits per heavy atom. The van der Waals surface area contributed by atoms with Crippen molar-refractivity contribution in [2.24, 2.45) is 7.05 Å². The van der Waals surface area contributed by atoms with Crippen LogP contribution in [0, 0.1) is 13.8 Å². The van der Waals surface area contributed by atoms with Crippen molar-refractivity contribution in [2.75, 3.05) is 5.32 Å². The molecule has 1 heterocycles. The van der Waals surface area contributed by atoms with Crippen molar-refractivity contribution in [2.45, 2.75) is 20.4 Å². The zero-order valence-electron chi connectivity index (χ0n) is 13.5. The lowest BCUT2D eigenvalue weighted by Gasteiger charge is -2.09. The molecule has 3 rings (SSSR count). The first kappa shape index (κ1) is 15.1. The summed E-state index contributed by atoms with van der Waals surface area (Å²) in [5.41, 5.74) is 4.30. The fourth-order valence-corrected chi connectivity index (χ4v) is 2.80. The van der Waals surface area contributed by atoms with Gasteiger partial charge in [0.05, 0.1) is 11.0 Å². The summed E-state index contributed by atoms with van der Waals surface area (Å²) in [6.45, 7) is 3.95. The van der Waals surface area contributed by atoms with Crippen LogP contribution in [0.5, 0.6) is 0 Å². The fourth-order valence-electron chi connectivity index (χ4n) is 2.80. The number of hydrogen-bond donors (Lipinski definition) is 1. The number of carbonyl (C=O) groups excluding carboxylic acids is 1. The molecular weight excluding hydrogens is 290 g/mol. The Bertz CT molecular complexity index is 951. The lowest BCUT2D eigenvalue weighted by molar-refractivity contribution is -0.116. The Hall–Kier alpha value is -2.82. The van der Waals surface area contributed by atoms with E-state index in [4.69, 9.17) is 0 Å². The second-order valence-electron chi connectivity index (χ2n) is 5.78. The van der Waals surface area contributed by atoms with E-state index < -0.39 is 0 Å². The minimum Gasteiger partial charge on any atom is -0.324 e. The zero-order valence-corrected chi connectivity index (χ0v) is 13.5. The molecular formula is C18H19N3O2. The van der Waals surface area contributed by atoms with Crippen LogP contribution in [0.15, 0.2) is 47.3 Å². The van der Waals surface area contributed by atoms with Crippen molar-refractivity contribution < 1.29 is 4.79 Å². The second-order valence-corrected chi connectivity index (χ2v) is 5.78. The highest BCUT2D eigenvalue weighted by Crippen LogP contribution is 2.16. The molecule has 0 radical (unpaired) electrons. The molecule has 0 aliphatic carbocycles. The van der Waals surface area contributed by atoms with E-state index in [1.165, 1.54) is 4.57 Å². The standard InChI is InChI=1S/C18H19N3O2/c1-12-8-9-14(13(2)10-12)19-17(22)11-21-16-7-5-4-6-15(16)20(3)18(21)23/h4-10H,11H2,1-3H3,(H,19,22). The molecule has 0 fully saturated rings. The van der Waals surface area contributed by atoms with Gasteiger partial charge in [0.2, 0.25) is 5.91 Å². The van der Waals surface area contributed by atoms with Gasteiger partial charge in [-0.25, -0.2) is 4.79 Å². The van der Waals surface area contributed by atoms with Gasteiger partial charge in [-0.3, -0.25) is 13.9 Å². The minimum absolute atomic E-state index is 0.00645. The molecule has 0 saturated carbocycles. The smallest absolute Gasteiger partial charge is 0.324 e. The number of nitrogens with zero attached hydrogens (tertiary/aromatic N) is 2. The van der Waals surface area contributed by atoms with Crippen LogP contribution in [0.4, 0.5) is 5.69 Å². The molecule has 0 atom stereocenters. The summed E-state index contributed by atoms with van der Waals surface area (Å²) in [6.07, 6.45) is 0. The topological polar surface area (TPSA) is 56.0 Å². The molecule has 0 bridgehead atoms. The number of carbonyl (C=O) groups is 1. The molecule has 2 aromatic carbocycles. The summed E-state index contributed by atoms with van der Waals surface area (Å²) in [5, 5.41) is 2.88. The van der Waals surface area contributed by atoms with Gasteiger partial charge in [-0.2, -0.15) is 0 Å². The van der Waals surface area contributed by atoms with Gasteiger partial charge in [0.15, 0.2) is 0 Å². The third-order valence-corrected chi connectivity index (χ3v) is 4.01. The first-order valence-corrected chi connectivity index (χ1v) is 7.49. The lowest BCUT2D eigenvalue weighted by atomic mass is 10.1. The average molecular weight is 309 g/mol. The summed E-state index contributed by atoms with van der Waals surface area (Å²) in [7, 11) is 1.71. The van der Waals surface area contributed by atoms with Gasteiger partial charge in [-0.1, -0.05) is 29.8 Å². The van der Waals surface area contributed by atoms with Crippen LogP contribution in [-0.4, -0.2) is 15.0 Å². The molecule has 23 heavy (non-hydrogen) atoms. The SMILES string of the molecule is Cc1ccc(NC(=O)Cn2c(=O)n(C)c3ccccc32)c(C)c1. The van der Waals surface area contributed by atoms with Gasteiger partial charge in [0.25, 0.3) is 0 Å². The van der Waals surface area contributed by atoms with Crippen LogP contribution in [0.1, 0.15) is 11.1 Å². The van der Waals surface area contributed by atoms with Gasteiger partial charge in [0, 0.05) is 12.7 Å². The maximum atomic E-state index is 12.3. The van der Waals surface area contributed by atoms with E-state index in [0.717, 1.165) is 27.8 Å². The number of amides is 1. The van der Waals surface area contributed by atoms with E-state index >= 15 is 0 Å². The third-order valence-electron chi connectivity index (χ3n) is 4.01. The van der Waals surface area contributed by atoms with Gasteiger partial charge in [-0.15, -0.1) is 0 Å². The molecule has 118 valence electrons. The number of benzene rings is 2. The predicted octanol–water partition coefficient (Wildman–Crippen LogP) is 2.60. The average Bonchev–Trinajstić information content (AvgIpc) is 2.76. The number of fused-ring (bicyclic) bond motifs is 1. The van der Waals surface area contributed by atoms with Crippen LogP contribution in [0.25, 0.3) is 11.0 Å². The summed E-state index contributed by atoms with van der Waals surface area (Å²) >= 11 is 0. The number of aryl methyl sites for hydroxylation is 3. The monoisotopic (exact) mass is 309 g/mol. The summed E-state index contributed by atoms with van der Waals surface area (Å²) in [5.74, 6) is -0.213. The highest BCUT2D eigenvalue weighted by atomic mass is 16.2. The molecule has 0 unspecified atom stereocenters. The second kappa shape index (κ2) is 5.76. The molecule has 3 aromatic rings.